The third-order valence-corrected chi connectivity index (χ3v) is 9.76. The van der Waals surface area contributed by atoms with E-state index in [9.17, 15) is 24.0 Å². The third-order valence-electron chi connectivity index (χ3n) is 9.76. The predicted molar refractivity (Wildman–Crippen MR) is 162 cm³/mol. The van der Waals surface area contributed by atoms with Crippen LogP contribution >= 0.6 is 0 Å². The van der Waals surface area contributed by atoms with Gasteiger partial charge in [0.05, 0.1) is 5.41 Å². The molecule has 0 aliphatic heterocycles. The van der Waals surface area contributed by atoms with E-state index in [1.807, 2.05) is 51.1 Å². The van der Waals surface area contributed by atoms with E-state index in [2.05, 4.69) is 6.58 Å². The van der Waals surface area contributed by atoms with Crippen LogP contribution in [0.1, 0.15) is 73.3 Å². The monoisotopic (exact) mass is 606 g/mol. The van der Waals surface area contributed by atoms with Crippen molar-refractivity contribution in [1.82, 2.24) is 0 Å². The number of carbonyl (C=O) groups is 5. The Morgan fingerprint density at radius 3 is 2.09 bits per heavy atom. The van der Waals surface area contributed by atoms with E-state index in [0.717, 1.165) is 5.56 Å². The van der Waals surface area contributed by atoms with Crippen LogP contribution in [-0.2, 0) is 42.9 Å². The average molecular weight is 607 g/mol. The predicted octanol–water partition coefficient (Wildman–Crippen LogP) is 5.32. The minimum Gasteiger partial charge on any atom is -0.462 e. The molecule has 9 nitrogen and oxygen atoms in total. The molecular weight excluding hydrogens is 564 g/mol. The minimum absolute atomic E-state index is 0.0475. The van der Waals surface area contributed by atoms with Gasteiger partial charge in [0.1, 0.15) is 12.2 Å². The van der Waals surface area contributed by atoms with Crippen LogP contribution in [0.5, 0.6) is 0 Å². The lowest BCUT2D eigenvalue weighted by molar-refractivity contribution is -0.211. The van der Waals surface area contributed by atoms with Crippen molar-refractivity contribution < 1.29 is 42.9 Å². The van der Waals surface area contributed by atoms with Crippen molar-refractivity contribution in [3.05, 3.63) is 65.3 Å². The van der Waals surface area contributed by atoms with Crippen molar-refractivity contribution in [3.8, 4) is 0 Å². The summed E-state index contributed by atoms with van der Waals surface area (Å²) >= 11 is 0. The number of allylic oxidation sites excluding steroid dienone is 1. The van der Waals surface area contributed by atoms with Crippen molar-refractivity contribution >= 4 is 35.7 Å². The van der Waals surface area contributed by atoms with Crippen molar-refractivity contribution in [2.75, 3.05) is 0 Å². The summed E-state index contributed by atoms with van der Waals surface area (Å²) < 4.78 is 23.8. The molecule has 1 aromatic rings. The van der Waals surface area contributed by atoms with Crippen LogP contribution in [0.3, 0.4) is 0 Å². The van der Waals surface area contributed by atoms with E-state index >= 15 is 0 Å². The Hall–Kier alpha value is -4.01. The highest BCUT2D eigenvalue weighted by Crippen LogP contribution is 2.60. The average Bonchev–Trinajstić information content (AvgIpc) is 2.93. The van der Waals surface area contributed by atoms with E-state index < -0.39 is 65.0 Å². The fourth-order valence-electron chi connectivity index (χ4n) is 7.51. The molecule has 0 N–H and O–H groups in total. The Bertz CT molecular complexity index is 1420. The molecule has 2 fully saturated rings. The summed E-state index contributed by atoms with van der Waals surface area (Å²) in [4.78, 5) is 64.2. The number of hydrogen-bond acceptors (Lipinski definition) is 9. The summed E-state index contributed by atoms with van der Waals surface area (Å²) in [6, 6.07) is 9.29. The molecule has 1 aromatic carbocycles. The van der Waals surface area contributed by atoms with Gasteiger partial charge in [0.25, 0.3) is 0 Å². The van der Waals surface area contributed by atoms with Gasteiger partial charge in [-0.15, -0.1) is 0 Å². The second-order valence-corrected chi connectivity index (χ2v) is 12.9. The molecule has 0 heterocycles. The van der Waals surface area contributed by atoms with Gasteiger partial charge in [-0.3, -0.25) is 19.2 Å². The molecule has 44 heavy (non-hydrogen) atoms. The highest BCUT2D eigenvalue weighted by atomic mass is 16.6. The minimum atomic E-state index is -1.17. The van der Waals surface area contributed by atoms with Gasteiger partial charge in [0, 0.05) is 39.7 Å². The number of Topliss-reactive ketones (excluding diaryl/α,β-unsaturated/α-hetero) is 1. The number of hydrogen-bond donors (Lipinski definition) is 0. The van der Waals surface area contributed by atoms with Crippen LogP contribution in [-0.4, -0.2) is 54.1 Å². The molecule has 3 aliphatic carbocycles. The van der Waals surface area contributed by atoms with Gasteiger partial charge in [-0.2, -0.15) is 0 Å². The Labute approximate surface area is 258 Å². The molecule has 3 aliphatic rings. The second kappa shape index (κ2) is 12.5. The Morgan fingerprint density at radius 2 is 1.50 bits per heavy atom. The normalized spacial score (nSPS) is 31.3. The molecule has 2 saturated carbocycles. The van der Waals surface area contributed by atoms with Gasteiger partial charge >= 0.3 is 23.9 Å². The van der Waals surface area contributed by atoms with Crippen LogP contribution in [0.25, 0.3) is 6.08 Å². The van der Waals surface area contributed by atoms with Gasteiger partial charge in [-0.25, -0.2) is 4.79 Å². The van der Waals surface area contributed by atoms with E-state index in [0.29, 0.717) is 23.1 Å². The molecule has 7 atom stereocenters. The number of rotatable bonds is 6. The number of ether oxygens (including phenoxy) is 4. The Kier molecular flexibility index (Phi) is 9.37. The molecular formula is C35H42O9. The SMILES string of the molecule is C=C1[C@@H](OC(=O)/C=C/c2ccccc2)C[C@H](OC(C)=O)[C@]2(C)[C@@H]1CC1CC(=O)C(C)=C([C@@H](OC(C)=O)[C@@H]2OC(C)=O)C1(C)C. The summed E-state index contributed by atoms with van der Waals surface area (Å²) in [5.74, 6) is -3.29. The van der Waals surface area contributed by atoms with E-state index in [1.54, 1.807) is 13.0 Å². The summed E-state index contributed by atoms with van der Waals surface area (Å²) in [7, 11) is 0. The summed E-state index contributed by atoms with van der Waals surface area (Å²) in [5, 5.41) is 0. The van der Waals surface area contributed by atoms with Gasteiger partial charge in [-0.1, -0.05) is 57.7 Å². The number of benzene rings is 1. The van der Waals surface area contributed by atoms with Crippen molar-refractivity contribution in [3.63, 3.8) is 0 Å². The van der Waals surface area contributed by atoms with E-state index in [1.165, 1.54) is 26.8 Å². The third kappa shape index (κ3) is 6.28. The molecule has 0 amide bonds. The van der Waals surface area contributed by atoms with Crippen LogP contribution < -0.4 is 0 Å². The van der Waals surface area contributed by atoms with Crippen LogP contribution in [0.4, 0.5) is 0 Å². The standard InChI is InChI=1S/C35H42O9/c1-19-26-16-25-17-27(39)20(2)31(34(25,6)7)32(42-22(4)37)33(43-23(5)38)35(26,8)29(41-21(3)36)18-28(19)44-30(40)15-14-24-12-10-9-11-13-24/h9-15,25-26,28-29,32-33H,1,16-18H2,2-8H3/b15-14+/t25?,26-,28+,29+,32-,33+,35+/m1/s1. The van der Waals surface area contributed by atoms with Gasteiger partial charge < -0.3 is 18.9 Å². The second-order valence-electron chi connectivity index (χ2n) is 12.9. The summed E-state index contributed by atoms with van der Waals surface area (Å²) in [5.41, 5.74) is 0.615. The van der Waals surface area contributed by atoms with E-state index in [-0.39, 0.29) is 24.5 Å². The zero-order valence-corrected chi connectivity index (χ0v) is 26.5. The molecule has 4 rings (SSSR count). The maximum atomic E-state index is 13.4. The molecule has 2 bridgehead atoms. The van der Waals surface area contributed by atoms with E-state index in [4.69, 9.17) is 18.9 Å². The maximum Gasteiger partial charge on any atom is 0.331 e. The first-order valence-electron chi connectivity index (χ1n) is 15.0. The molecule has 0 spiro atoms. The quantitative estimate of drug-likeness (QED) is 0.183. The largest absolute Gasteiger partial charge is 0.462 e. The Morgan fingerprint density at radius 1 is 0.886 bits per heavy atom. The molecule has 236 valence electrons. The topological polar surface area (TPSA) is 122 Å². The molecule has 0 saturated heterocycles. The number of esters is 4. The summed E-state index contributed by atoms with van der Waals surface area (Å²) in [6.45, 7) is 15.7. The first-order chi connectivity index (χ1) is 20.6. The van der Waals surface area contributed by atoms with Crippen LogP contribution in [0.2, 0.25) is 0 Å². The highest BCUT2D eigenvalue weighted by Gasteiger charge is 2.64. The lowest BCUT2D eigenvalue weighted by Crippen LogP contribution is -2.64. The highest BCUT2D eigenvalue weighted by molar-refractivity contribution is 5.97. The number of fused-ring (bicyclic) bond motifs is 3. The zero-order chi connectivity index (χ0) is 32.6. The summed E-state index contributed by atoms with van der Waals surface area (Å²) in [6.07, 6.45) is -0.379. The first kappa shape index (κ1) is 32.9. The van der Waals surface area contributed by atoms with Crippen molar-refractivity contribution in [1.29, 1.82) is 0 Å². The fourth-order valence-corrected chi connectivity index (χ4v) is 7.51. The molecule has 1 unspecified atom stereocenters. The smallest absolute Gasteiger partial charge is 0.331 e. The van der Waals surface area contributed by atoms with Crippen molar-refractivity contribution in [2.24, 2.45) is 22.7 Å². The van der Waals surface area contributed by atoms with Gasteiger partial charge in [0.2, 0.25) is 0 Å². The van der Waals surface area contributed by atoms with Crippen LogP contribution in [0.15, 0.2) is 59.7 Å². The molecule has 0 radical (unpaired) electrons. The van der Waals surface area contributed by atoms with Gasteiger partial charge in [-0.05, 0) is 59.0 Å². The first-order valence-corrected chi connectivity index (χ1v) is 15.0. The van der Waals surface area contributed by atoms with Gasteiger partial charge in [0.15, 0.2) is 18.0 Å². The zero-order valence-electron chi connectivity index (χ0n) is 26.5. The number of carbonyl (C=O) groups excluding carboxylic acids is 5. The molecule has 0 aromatic heterocycles. The maximum absolute atomic E-state index is 13.4. The fraction of sp³-hybridized carbons (Fsp3) is 0.514. The molecule has 9 heteroatoms. The number of ketones is 1. The lowest BCUT2D eigenvalue weighted by Gasteiger charge is -2.59. The lowest BCUT2D eigenvalue weighted by atomic mass is 9.49. The Balaban J connectivity index is 1.86. The van der Waals surface area contributed by atoms with Crippen LogP contribution in [0, 0.1) is 22.7 Å². The van der Waals surface area contributed by atoms with Crippen molar-refractivity contribution in [2.45, 2.75) is 92.1 Å².